The average Bonchev–Trinajstić information content (AvgIpc) is 2.70. The van der Waals surface area contributed by atoms with Crippen molar-refractivity contribution in [2.45, 2.75) is 116 Å². The maximum Gasteiger partial charge on any atom is -0.00161 e. The van der Waals surface area contributed by atoms with Gasteiger partial charge in [-0.3, -0.25) is 0 Å². The number of nitrogens with zero attached hydrogens (tertiary/aromatic N) is 1. The summed E-state index contributed by atoms with van der Waals surface area (Å²) in [5.41, 5.74) is 0. The highest BCUT2D eigenvalue weighted by Crippen LogP contribution is 2.30. The van der Waals surface area contributed by atoms with Crippen LogP contribution in [0.25, 0.3) is 0 Å². The number of rotatable bonds is 9. The second-order valence-corrected chi connectivity index (χ2v) is 9.72. The largest absolute Gasteiger partial charge is 0.303 e. The average molecular weight is 348 g/mol. The molecule has 3 aliphatic rings. The van der Waals surface area contributed by atoms with E-state index >= 15 is 0 Å². The van der Waals surface area contributed by atoms with Gasteiger partial charge in [-0.15, -0.1) is 0 Å². The van der Waals surface area contributed by atoms with Crippen molar-refractivity contribution in [3.05, 3.63) is 0 Å². The number of hydrogen-bond donors (Lipinski definition) is 0. The molecule has 0 N–H and O–H groups in total. The molecule has 3 saturated carbocycles. The fourth-order valence-corrected chi connectivity index (χ4v) is 5.86. The van der Waals surface area contributed by atoms with Crippen LogP contribution in [0.15, 0.2) is 0 Å². The first-order valence-electron chi connectivity index (χ1n) is 12.1. The SMILES string of the molecule is C1CCC(CCN(CCC2CCCCC2)CCC2CCCCC2)CC1. The third-order valence-corrected chi connectivity index (χ3v) is 7.73. The zero-order valence-electron chi connectivity index (χ0n) is 17.0. The molecule has 0 atom stereocenters. The molecule has 0 aromatic heterocycles. The van der Waals surface area contributed by atoms with Crippen molar-refractivity contribution in [1.82, 2.24) is 4.90 Å². The van der Waals surface area contributed by atoms with Crippen LogP contribution >= 0.6 is 0 Å². The molecule has 3 rings (SSSR count). The molecule has 0 saturated heterocycles. The lowest BCUT2D eigenvalue weighted by Crippen LogP contribution is -2.31. The minimum Gasteiger partial charge on any atom is -0.303 e. The van der Waals surface area contributed by atoms with Gasteiger partial charge < -0.3 is 4.90 Å². The van der Waals surface area contributed by atoms with Crippen LogP contribution in [0.3, 0.4) is 0 Å². The lowest BCUT2D eigenvalue weighted by Gasteiger charge is -2.31. The fourth-order valence-electron chi connectivity index (χ4n) is 5.86. The molecule has 146 valence electrons. The minimum absolute atomic E-state index is 1.06. The zero-order chi connectivity index (χ0) is 17.2. The molecule has 0 unspecified atom stereocenters. The Labute approximate surface area is 158 Å². The molecule has 25 heavy (non-hydrogen) atoms. The van der Waals surface area contributed by atoms with Gasteiger partial charge >= 0.3 is 0 Å². The predicted octanol–water partition coefficient (Wildman–Crippen LogP) is 7.20. The highest BCUT2D eigenvalue weighted by Gasteiger charge is 2.19. The van der Waals surface area contributed by atoms with E-state index in [1.165, 1.54) is 135 Å². The Hall–Kier alpha value is -0.0400. The van der Waals surface area contributed by atoms with Crippen molar-refractivity contribution < 1.29 is 0 Å². The summed E-state index contributed by atoms with van der Waals surface area (Å²) in [7, 11) is 0. The van der Waals surface area contributed by atoms with Crippen molar-refractivity contribution >= 4 is 0 Å². The van der Waals surface area contributed by atoms with Crippen LogP contribution in [-0.2, 0) is 0 Å². The normalized spacial score (nSPS) is 24.8. The molecular weight excluding hydrogens is 302 g/mol. The molecule has 0 aliphatic heterocycles. The topological polar surface area (TPSA) is 3.24 Å². The van der Waals surface area contributed by atoms with E-state index in [0.717, 1.165) is 17.8 Å². The van der Waals surface area contributed by atoms with Gasteiger partial charge in [0.2, 0.25) is 0 Å². The lowest BCUT2D eigenvalue weighted by molar-refractivity contribution is 0.188. The van der Waals surface area contributed by atoms with E-state index in [1.54, 1.807) is 0 Å². The first-order valence-corrected chi connectivity index (χ1v) is 12.1. The summed E-state index contributed by atoms with van der Waals surface area (Å²) in [4.78, 5) is 2.90. The van der Waals surface area contributed by atoms with E-state index in [1.807, 2.05) is 0 Å². The Morgan fingerprint density at radius 1 is 0.400 bits per heavy atom. The van der Waals surface area contributed by atoms with Crippen LogP contribution in [0.5, 0.6) is 0 Å². The second kappa shape index (κ2) is 11.6. The molecule has 0 radical (unpaired) electrons. The summed E-state index contributed by atoms with van der Waals surface area (Å²) in [6.45, 7) is 4.22. The molecule has 3 aliphatic carbocycles. The first kappa shape index (κ1) is 19.7. The van der Waals surface area contributed by atoms with E-state index < -0.39 is 0 Å². The molecule has 0 aromatic carbocycles. The van der Waals surface area contributed by atoms with Gasteiger partial charge in [0.25, 0.3) is 0 Å². The fraction of sp³-hybridized carbons (Fsp3) is 1.00. The summed E-state index contributed by atoms with van der Waals surface area (Å²) >= 11 is 0. The van der Waals surface area contributed by atoms with E-state index in [9.17, 15) is 0 Å². The van der Waals surface area contributed by atoms with Crippen molar-refractivity contribution in [1.29, 1.82) is 0 Å². The Balaban J connectivity index is 1.39. The van der Waals surface area contributed by atoms with E-state index in [0.29, 0.717) is 0 Å². The van der Waals surface area contributed by atoms with Gasteiger partial charge in [0.05, 0.1) is 0 Å². The van der Waals surface area contributed by atoms with Gasteiger partial charge in [-0.25, -0.2) is 0 Å². The molecular formula is C24H45N. The lowest BCUT2D eigenvalue weighted by atomic mass is 9.85. The maximum absolute atomic E-state index is 2.90. The summed E-state index contributed by atoms with van der Waals surface area (Å²) in [6, 6.07) is 0. The monoisotopic (exact) mass is 347 g/mol. The van der Waals surface area contributed by atoms with E-state index in [4.69, 9.17) is 0 Å². The zero-order valence-corrected chi connectivity index (χ0v) is 17.0. The molecule has 0 amide bonds. The summed E-state index contributed by atoms with van der Waals surface area (Å²) in [6.07, 6.45) is 27.2. The van der Waals surface area contributed by atoms with E-state index in [-0.39, 0.29) is 0 Å². The van der Waals surface area contributed by atoms with Crippen LogP contribution in [0.1, 0.15) is 116 Å². The quantitative estimate of drug-likeness (QED) is 0.426. The van der Waals surface area contributed by atoms with Gasteiger partial charge in [0, 0.05) is 0 Å². The molecule has 1 nitrogen and oxygen atoms in total. The van der Waals surface area contributed by atoms with E-state index in [2.05, 4.69) is 4.90 Å². The predicted molar refractivity (Wildman–Crippen MR) is 110 cm³/mol. The summed E-state index contributed by atoms with van der Waals surface area (Å²) in [5.74, 6) is 3.17. The van der Waals surface area contributed by atoms with Crippen LogP contribution < -0.4 is 0 Å². The molecule has 3 fully saturated rings. The standard InChI is InChI=1S/C24H45N/c1-4-10-22(11-5-1)16-19-25(20-17-23-12-6-2-7-13-23)21-18-24-14-8-3-9-15-24/h22-24H,1-21H2. The summed E-state index contributed by atoms with van der Waals surface area (Å²) < 4.78 is 0. The van der Waals surface area contributed by atoms with Crippen molar-refractivity contribution in [2.75, 3.05) is 19.6 Å². The molecule has 0 heterocycles. The van der Waals surface area contributed by atoms with Crippen molar-refractivity contribution in [3.63, 3.8) is 0 Å². The summed E-state index contributed by atoms with van der Waals surface area (Å²) in [5, 5.41) is 0. The van der Waals surface area contributed by atoms with Crippen LogP contribution in [-0.4, -0.2) is 24.5 Å². The van der Waals surface area contributed by atoms with Crippen LogP contribution in [0.2, 0.25) is 0 Å². The number of hydrogen-bond acceptors (Lipinski definition) is 1. The van der Waals surface area contributed by atoms with Gasteiger partial charge in [0.1, 0.15) is 0 Å². The van der Waals surface area contributed by atoms with Crippen molar-refractivity contribution in [2.24, 2.45) is 17.8 Å². The third kappa shape index (κ3) is 7.61. The molecule has 1 heteroatoms. The first-order chi connectivity index (χ1) is 12.4. The Morgan fingerprint density at radius 2 is 0.680 bits per heavy atom. The molecule has 0 spiro atoms. The maximum atomic E-state index is 2.90. The Morgan fingerprint density at radius 3 is 0.960 bits per heavy atom. The Bertz CT molecular complexity index is 269. The smallest absolute Gasteiger partial charge is 0.00161 e. The minimum atomic E-state index is 1.06. The van der Waals surface area contributed by atoms with Crippen LogP contribution in [0, 0.1) is 17.8 Å². The Kier molecular flexibility index (Phi) is 9.17. The molecule has 0 aromatic rings. The van der Waals surface area contributed by atoms with Gasteiger partial charge in [-0.1, -0.05) is 96.3 Å². The highest BCUT2D eigenvalue weighted by molar-refractivity contribution is 4.73. The highest BCUT2D eigenvalue weighted by atomic mass is 15.1. The molecule has 0 bridgehead atoms. The van der Waals surface area contributed by atoms with Gasteiger partial charge in [-0.05, 0) is 56.7 Å². The van der Waals surface area contributed by atoms with Gasteiger partial charge in [0.15, 0.2) is 0 Å². The third-order valence-electron chi connectivity index (χ3n) is 7.73. The second-order valence-electron chi connectivity index (χ2n) is 9.72. The van der Waals surface area contributed by atoms with Crippen LogP contribution in [0.4, 0.5) is 0 Å². The van der Waals surface area contributed by atoms with Gasteiger partial charge in [-0.2, -0.15) is 0 Å². The van der Waals surface area contributed by atoms with Crippen molar-refractivity contribution in [3.8, 4) is 0 Å².